The Balaban J connectivity index is 1.50. The van der Waals surface area contributed by atoms with Crippen LogP contribution >= 0.6 is 0 Å². The summed E-state index contributed by atoms with van der Waals surface area (Å²) >= 11 is 0. The van der Waals surface area contributed by atoms with Crippen LogP contribution in [0.15, 0.2) is 84.9 Å². The van der Waals surface area contributed by atoms with Crippen molar-refractivity contribution in [3.05, 3.63) is 90.5 Å². The van der Waals surface area contributed by atoms with E-state index in [1.807, 2.05) is 72.8 Å². The minimum Gasteiger partial charge on any atom is -0.457 e. The smallest absolute Gasteiger partial charge is 0.224 e. The van der Waals surface area contributed by atoms with Gasteiger partial charge < -0.3 is 10.1 Å². The third-order valence-corrected chi connectivity index (χ3v) is 3.81. The number of ether oxygens (including phenoxy) is 1. The van der Waals surface area contributed by atoms with Gasteiger partial charge in [-0.3, -0.25) is 4.79 Å². The average molecular weight is 331 g/mol. The molecule has 3 nitrogen and oxygen atoms in total. The van der Waals surface area contributed by atoms with Crippen molar-refractivity contribution in [3.8, 4) is 11.5 Å². The van der Waals surface area contributed by atoms with Gasteiger partial charge in [-0.25, -0.2) is 0 Å². The third kappa shape index (κ3) is 5.50. The predicted molar refractivity (Wildman–Crippen MR) is 101 cm³/mol. The fraction of sp³-hybridized carbons (Fsp3) is 0.136. The van der Waals surface area contributed by atoms with Gasteiger partial charge in [-0.2, -0.15) is 0 Å². The van der Waals surface area contributed by atoms with Gasteiger partial charge in [0.2, 0.25) is 5.91 Å². The van der Waals surface area contributed by atoms with Crippen LogP contribution in [0.4, 0.5) is 5.69 Å². The van der Waals surface area contributed by atoms with Crippen molar-refractivity contribution >= 4 is 11.6 Å². The molecule has 0 aromatic heterocycles. The van der Waals surface area contributed by atoms with Gasteiger partial charge in [0.05, 0.1) is 0 Å². The molecule has 3 heteroatoms. The van der Waals surface area contributed by atoms with Gasteiger partial charge in [0.1, 0.15) is 11.5 Å². The van der Waals surface area contributed by atoms with Gasteiger partial charge in [-0.15, -0.1) is 0 Å². The number of rotatable bonds is 7. The summed E-state index contributed by atoms with van der Waals surface area (Å²) in [6.07, 6.45) is 2.24. The molecule has 0 bridgehead atoms. The summed E-state index contributed by atoms with van der Waals surface area (Å²) in [6, 6.07) is 27.3. The summed E-state index contributed by atoms with van der Waals surface area (Å²) in [5.74, 6) is 1.50. The number of amides is 1. The summed E-state index contributed by atoms with van der Waals surface area (Å²) in [5, 5.41) is 2.94. The molecule has 3 rings (SSSR count). The highest BCUT2D eigenvalue weighted by molar-refractivity contribution is 5.90. The Morgan fingerprint density at radius 1 is 0.800 bits per heavy atom. The summed E-state index contributed by atoms with van der Waals surface area (Å²) in [7, 11) is 0. The fourth-order valence-corrected chi connectivity index (χ4v) is 2.58. The van der Waals surface area contributed by atoms with Crippen molar-refractivity contribution in [2.75, 3.05) is 5.32 Å². The molecule has 0 aliphatic carbocycles. The lowest BCUT2D eigenvalue weighted by Crippen LogP contribution is -2.11. The molecule has 126 valence electrons. The average Bonchev–Trinajstić information content (AvgIpc) is 2.64. The molecule has 0 atom stereocenters. The standard InChI is InChI=1S/C22H21NO2/c24-22(16-7-11-18-9-3-1-4-10-18)23-19-12-8-15-21(17-19)25-20-13-5-2-6-14-20/h1-6,8-10,12-15,17H,7,11,16H2,(H,23,24). The molecular weight excluding hydrogens is 310 g/mol. The number of aryl methyl sites for hydroxylation is 1. The van der Waals surface area contributed by atoms with Gasteiger partial charge in [-0.05, 0) is 42.7 Å². The van der Waals surface area contributed by atoms with Crippen molar-refractivity contribution in [1.29, 1.82) is 0 Å². The predicted octanol–water partition coefficient (Wildman–Crippen LogP) is 5.44. The van der Waals surface area contributed by atoms with E-state index in [1.165, 1.54) is 5.56 Å². The van der Waals surface area contributed by atoms with Crippen LogP contribution in [0.25, 0.3) is 0 Å². The van der Waals surface area contributed by atoms with Gasteiger partial charge in [0.25, 0.3) is 0 Å². The molecule has 1 amide bonds. The maximum absolute atomic E-state index is 12.1. The molecule has 0 spiro atoms. The van der Waals surface area contributed by atoms with E-state index in [2.05, 4.69) is 17.4 Å². The quantitative estimate of drug-likeness (QED) is 0.626. The van der Waals surface area contributed by atoms with Crippen LogP contribution in [0.3, 0.4) is 0 Å². The van der Waals surface area contributed by atoms with E-state index in [4.69, 9.17) is 4.74 Å². The van der Waals surface area contributed by atoms with Crippen LogP contribution in [0.2, 0.25) is 0 Å². The van der Waals surface area contributed by atoms with E-state index in [-0.39, 0.29) is 5.91 Å². The molecular formula is C22H21NO2. The van der Waals surface area contributed by atoms with E-state index < -0.39 is 0 Å². The first-order valence-corrected chi connectivity index (χ1v) is 8.46. The second-order valence-corrected chi connectivity index (χ2v) is 5.83. The number of carbonyl (C=O) groups excluding carboxylic acids is 1. The van der Waals surface area contributed by atoms with Gasteiger partial charge in [0, 0.05) is 18.2 Å². The zero-order chi connectivity index (χ0) is 17.3. The minimum absolute atomic E-state index is 0.0211. The van der Waals surface area contributed by atoms with Crippen molar-refractivity contribution in [3.63, 3.8) is 0 Å². The number of nitrogens with one attached hydrogen (secondary N) is 1. The third-order valence-electron chi connectivity index (χ3n) is 3.81. The number of anilines is 1. The van der Waals surface area contributed by atoms with Crippen molar-refractivity contribution in [2.45, 2.75) is 19.3 Å². The monoisotopic (exact) mass is 331 g/mol. The summed E-state index contributed by atoms with van der Waals surface area (Å²) in [5.41, 5.74) is 2.01. The molecule has 0 radical (unpaired) electrons. The van der Waals surface area contributed by atoms with Crippen LogP contribution in [0.5, 0.6) is 11.5 Å². The van der Waals surface area contributed by atoms with E-state index in [0.29, 0.717) is 12.2 Å². The Kier molecular flexibility index (Phi) is 5.83. The normalized spacial score (nSPS) is 10.2. The highest BCUT2D eigenvalue weighted by atomic mass is 16.5. The highest BCUT2D eigenvalue weighted by Crippen LogP contribution is 2.24. The van der Waals surface area contributed by atoms with Gasteiger partial charge in [-0.1, -0.05) is 54.6 Å². The van der Waals surface area contributed by atoms with Gasteiger partial charge >= 0.3 is 0 Å². The van der Waals surface area contributed by atoms with Crippen molar-refractivity contribution in [1.82, 2.24) is 0 Å². The number of para-hydroxylation sites is 1. The molecule has 25 heavy (non-hydrogen) atoms. The second-order valence-electron chi connectivity index (χ2n) is 5.83. The Labute approximate surface area is 148 Å². The first-order chi connectivity index (χ1) is 12.3. The number of hydrogen-bond donors (Lipinski definition) is 1. The summed E-state index contributed by atoms with van der Waals surface area (Å²) in [6.45, 7) is 0. The first-order valence-electron chi connectivity index (χ1n) is 8.46. The summed E-state index contributed by atoms with van der Waals surface area (Å²) < 4.78 is 5.79. The van der Waals surface area contributed by atoms with Crippen LogP contribution in [0.1, 0.15) is 18.4 Å². The number of benzene rings is 3. The van der Waals surface area contributed by atoms with Crippen molar-refractivity contribution in [2.24, 2.45) is 0 Å². The second kappa shape index (κ2) is 8.69. The molecule has 3 aromatic carbocycles. The van der Waals surface area contributed by atoms with Crippen LogP contribution < -0.4 is 10.1 Å². The zero-order valence-corrected chi connectivity index (χ0v) is 14.0. The lowest BCUT2D eigenvalue weighted by molar-refractivity contribution is -0.116. The molecule has 0 heterocycles. The first kappa shape index (κ1) is 16.8. The van der Waals surface area contributed by atoms with E-state index >= 15 is 0 Å². The summed E-state index contributed by atoms with van der Waals surface area (Å²) in [4.78, 5) is 12.1. The van der Waals surface area contributed by atoms with E-state index in [9.17, 15) is 4.79 Å². The van der Waals surface area contributed by atoms with Gasteiger partial charge in [0.15, 0.2) is 0 Å². The SMILES string of the molecule is O=C(CCCc1ccccc1)Nc1cccc(Oc2ccccc2)c1. The van der Waals surface area contributed by atoms with Crippen LogP contribution in [-0.2, 0) is 11.2 Å². The molecule has 0 saturated heterocycles. The largest absolute Gasteiger partial charge is 0.457 e. The molecule has 0 aliphatic heterocycles. The minimum atomic E-state index is 0.0211. The number of hydrogen-bond acceptors (Lipinski definition) is 2. The molecule has 0 fully saturated rings. The fourth-order valence-electron chi connectivity index (χ4n) is 2.58. The maximum atomic E-state index is 12.1. The number of carbonyl (C=O) groups is 1. The lowest BCUT2D eigenvalue weighted by atomic mass is 10.1. The van der Waals surface area contributed by atoms with Crippen LogP contribution in [0, 0.1) is 0 Å². The molecule has 3 aromatic rings. The molecule has 0 aliphatic rings. The Hall–Kier alpha value is -3.07. The van der Waals surface area contributed by atoms with E-state index in [1.54, 1.807) is 0 Å². The highest BCUT2D eigenvalue weighted by Gasteiger charge is 2.04. The maximum Gasteiger partial charge on any atom is 0.224 e. The Bertz CT molecular complexity index is 801. The Morgan fingerprint density at radius 2 is 1.48 bits per heavy atom. The van der Waals surface area contributed by atoms with Crippen molar-refractivity contribution < 1.29 is 9.53 Å². The lowest BCUT2D eigenvalue weighted by Gasteiger charge is -2.09. The molecule has 1 N–H and O–H groups in total. The van der Waals surface area contributed by atoms with E-state index in [0.717, 1.165) is 24.3 Å². The molecule has 0 unspecified atom stereocenters. The zero-order valence-electron chi connectivity index (χ0n) is 14.0. The molecule has 0 saturated carbocycles. The topological polar surface area (TPSA) is 38.3 Å². The van der Waals surface area contributed by atoms with Crippen LogP contribution in [-0.4, -0.2) is 5.91 Å². The Morgan fingerprint density at radius 3 is 2.24 bits per heavy atom.